The molecule has 34 heavy (non-hydrogen) atoms. The molecule has 0 saturated heterocycles. The Kier molecular flexibility index (Phi) is 5.74. The van der Waals surface area contributed by atoms with Gasteiger partial charge < -0.3 is 4.57 Å². The summed E-state index contributed by atoms with van der Waals surface area (Å²) in [5, 5.41) is 8.31. The number of hydrogen-bond donors (Lipinski definition) is 1. The van der Waals surface area contributed by atoms with Crippen molar-refractivity contribution >= 4 is 11.2 Å². The summed E-state index contributed by atoms with van der Waals surface area (Å²) >= 11 is 0. The molecule has 0 spiro atoms. The highest BCUT2D eigenvalue weighted by molar-refractivity contribution is 5.70. The van der Waals surface area contributed by atoms with Gasteiger partial charge in [0.2, 0.25) is 5.62 Å². The number of halogens is 6. The Morgan fingerprint density at radius 1 is 1.06 bits per heavy atom. The van der Waals surface area contributed by atoms with E-state index < -0.39 is 30.2 Å². The van der Waals surface area contributed by atoms with Crippen molar-refractivity contribution in [3.63, 3.8) is 0 Å². The summed E-state index contributed by atoms with van der Waals surface area (Å²) in [4.78, 5) is 11.6. The van der Waals surface area contributed by atoms with Crippen LogP contribution in [0.3, 0.4) is 0 Å². The first kappa shape index (κ1) is 23.5. The number of nitrogens with zero attached hydrogens (tertiary/aromatic N) is 6. The Bertz CT molecular complexity index is 1410. The van der Waals surface area contributed by atoms with Crippen LogP contribution in [0.25, 0.3) is 22.6 Å². The van der Waals surface area contributed by atoms with Crippen LogP contribution in [0.4, 0.5) is 26.3 Å². The van der Waals surface area contributed by atoms with Gasteiger partial charge in [-0.15, -0.1) is 0 Å². The Morgan fingerprint density at radius 2 is 1.79 bits per heavy atom. The summed E-state index contributed by atoms with van der Waals surface area (Å²) in [6, 6.07) is 5.03. The number of aryl methyl sites for hydroxylation is 2. The van der Waals surface area contributed by atoms with Gasteiger partial charge >= 0.3 is 12.4 Å². The average Bonchev–Trinajstić information content (AvgIpc) is 3.26. The number of benzene rings is 1. The van der Waals surface area contributed by atoms with Gasteiger partial charge in [0.25, 0.3) is 0 Å². The van der Waals surface area contributed by atoms with Crippen LogP contribution in [-0.4, -0.2) is 34.8 Å². The summed E-state index contributed by atoms with van der Waals surface area (Å²) in [6.07, 6.45) is -5.30. The molecule has 0 atom stereocenters. The van der Waals surface area contributed by atoms with E-state index in [9.17, 15) is 26.3 Å². The Morgan fingerprint density at radius 3 is 2.41 bits per heavy atom. The third kappa shape index (κ3) is 4.41. The lowest BCUT2D eigenvalue weighted by Crippen LogP contribution is -2.30. The minimum atomic E-state index is -4.57. The van der Waals surface area contributed by atoms with E-state index >= 15 is 0 Å². The first-order chi connectivity index (χ1) is 15.9. The zero-order valence-corrected chi connectivity index (χ0v) is 18.0. The highest BCUT2D eigenvalue weighted by atomic mass is 19.4. The van der Waals surface area contributed by atoms with Crippen molar-refractivity contribution in [1.29, 1.82) is 5.41 Å². The van der Waals surface area contributed by atoms with Gasteiger partial charge in [0.05, 0.1) is 12.7 Å². The molecular weight excluding hydrogens is 464 g/mol. The number of alkyl halides is 6. The van der Waals surface area contributed by atoms with E-state index in [-0.39, 0.29) is 23.5 Å². The van der Waals surface area contributed by atoms with Crippen LogP contribution in [-0.2, 0) is 32.7 Å². The quantitative estimate of drug-likeness (QED) is 0.430. The fourth-order valence-electron chi connectivity index (χ4n) is 3.86. The molecule has 0 aliphatic rings. The van der Waals surface area contributed by atoms with Crippen molar-refractivity contribution in [1.82, 2.24) is 28.7 Å². The third-order valence-corrected chi connectivity index (χ3v) is 5.37. The molecular formula is C21H19F6N7. The molecule has 0 fully saturated rings. The van der Waals surface area contributed by atoms with Crippen molar-refractivity contribution in [2.75, 3.05) is 0 Å². The normalized spacial score (nSPS) is 12.6. The lowest BCUT2D eigenvalue weighted by molar-refractivity contribution is -0.141. The number of fused-ring (bicyclic) bond motifs is 1. The van der Waals surface area contributed by atoms with E-state index in [0.717, 1.165) is 10.8 Å². The SMILES string of the molecule is CCc1cc(Cn2c(=N)n(CC(F)(F)F)c3cncnc32)ccc1-c1nc(C(F)(F)F)cn1C. The van der Waals surface area contributed by atoms with E-state index in [1.165, 1.54) is 28.7 Å². The third-order valence-electron chi connectivity index (χ3n) is 5.37. The van der Waals surface area contributed by atoms with E-state index in [0.29, 0.717) is 23.1 Å². The number of aromatic nitrogens is 6. The van der Waals surface area contributed by atoms with Crippen LogP contribution in [0, 0.1) is 5.41 Å². The summed E-state index contributed by atoms with van der Waals surface area (Å²) in [5.74, 6) is 0.152. The predicted molar refractivity (Wildman–Crippen MR) is 110 cm³/mol. The van der Waals surface area contributed by atoms with Gasteiger partial charge in [0.15, 0.2) is 11.3 Å². The fraction of sp³-hybridized carbons (Fsp3) is 0.333. The molecule has 4 rings (SSSR count). The number of imidazole rings is 2. The molecule has 0 saturated carbocycles. The lowest BCUT2D eigenvalue weighted by atomic mass is 10.0. The highest BCUT2D eigenvalue weighted by Gasteiger charge is 2.35. The van der Waals surface area contributed by atoms with E-state index in [2.05, 4.69) is 15.0 Å². The molecule has 0 aliphatic heterocycles. The zero-order valence-electron chi connectivity index (χ0n) is 18.0. The van der Waals surface area contributed by atoms with Crippen LogP contribution in [0.15, 0.2) is 36.9 Å². The molecule has 0 bridgehead atoms. The van der Waals surface area contributed by atoms with Gasteiger partial charge in [0, 0.05) is 18.8 Å². The molecule has 0 amide bonds. The van der Waals surface area contributed by atoms with Crippen LogP contribution in [0.5, 0.6) is 0 Å². The molecule has 0 radical (unpaired) electrons. The summed E-state index contributed by atoms with van der Waals surface area (Å²) in [6.45, 7) is 0.517. The smallest absolute Gasteiger partial charge is 0.333 e. The topological polar surface area (TPSA) is 77.3 Å². The minimum Gasteiger partial charge on any atom is -0.333 e. The maximum Gasteiger partial charge on any atom is 0.434 e. The van der Waals surface area contributed by atoms with Gasteiger partial charge in [0.1, 0.15) is 24.2 Å². The summed E-state index contributed by atoms with van der Waals surface area (Å²) < 4.78 is 81.8. The zero-order chi connectivity index (χ0) is 24.8. The fourth-order valence-corrected chi connectivity index (χ4v) is 3.86. The van der Waals surface area contributed by atoms with Gasteiger partial charge in [-0.2, -0.15) is 26.3 Å². The lowest BCUT2D eigenvalue weighted by Gasteiger charge is -2.12. The maximum absolute atomic E-state index is 13.1. The van der Waals surface area contributed by atoms with Gasteiger partial charge in [-0.3, -0.25) is 14.5 Å². The average molecular weight is 483 g/mol. The van der Waals surface area contributed by atoms with Gasteiger partial charge in [-0.25, -0.2) is 15.0 Å². The van der Waals surface area contributed by atoms with Crippen molar-refractivity contribution in [3.05, 3.63) is 59.4 Å². The first-order valence-electron chi connectivity index (χ1n) is 10.1. The highest BCUT2D eigenvalue weighted by Crippen LogP contribution is 2.32. The van der Waals surface area contributed by atoms with E-state index in [4.69, 9.17) is 5.41 Å². The van der Waals surface area contributed by atoms with Crippen molar-refractivity contribution < 1.29 is 26.3 Å². The van der Waals surface area contributed by atoms with Gasteiger partial charge in [-0.05, 0) is 17.5 Å². The van der Waals surface area contributed by atoms with Crippen molar-refractivity contribution in [3.8, 4) is 11.4 Å². The second-order valence-corrected chi connectivity index (χ2v) is 7.75. The standard InChI is InChI=1S/C21H19F6N7/c1-3-13-6-12(4-5-14(13)17-31-16(9-32(17)2)21(25,26)27)8-33-18-15(7-29-11-30-18)34(19(33)28)10-20(22,23)24/h4-7,9,11,28H,3,8,10H2,1-2H3. The van der Waals surface area contributed by atoms with Crippen LogP contribution in [0.1, 0.15) is 23.7 Å². The Labute approximate surface area is 188 Å². The Hall–Kier alpha value is -3.64. The van der Waals surface area contributed by atoms with Crippen LogP contribution in [0.2, 0.25) is 0 Å². The molecule has 3 heterocycles. The molecule has 1 N–H and O–H groups in total. The summed E-state index contributed by atoms with van der Waals surface area (Å²) in [5.41, 5.74) is 0.726. The molecule has 1 aromatic carbocycles. The summed E-state index contributed by atoms with van der Waals surface area (Å²) in [7, 11) is 1.47. The van der Waals surface area contributed by atoms with Crippen LogP contribution >= 0.6 is 0 Å². The largest absolute Gasteiger partial charge is 0.434 e. The second kappa shape index (κ2) is 8.29. The minimum absolute atomic E-state index is 0.0405. The molecule has 0 aliphatic carbocycles. The Balaban J connectivity index is 1.75. The predicted octanol–water partition coefficient (Wildman–Crippen LogP) is 4.30. The molecule has 13 heteroatoms. The molecule has 7 nitrogen and oxygen atoms in total. The number of hydrogen-bond acceptors (Lipinski definition) is 4. The molecule has 3 aromatic heterocycles. The van der Waals surface area contributed by atoms with Crippen molar-refractivity contribution in [2.45, 2.75) is 38.8 Å². The van der Waals surface area contributed by atoms with Gasteiger partial charge in [-0.1, -0.05) is 25.1 Å². The second-order valence-electron chi connectivity index (χ2n) is 7.75. The van der Waals surface area contributed by atoms with E-state index in [1.54, 1.807) is 18.2 Å². The van der Waals surface area contributed by atoms with Crippen LogP contribution < -0.4 is 5.62 Å². The maximum atomic E-state index is 13.1. The van der Waals surface area contributed by atoms with Crippen molar-refractivity contribution in [2.24, 2.45) is 7.05 Å². The molecule has 0 unspecified atom stereocenters. The molecule has 4 aromatic rings. The number of nitrogens with one attached hydrogen (secondary N) is 1. The molecule has 180 valence electrons. The van der Waals surface area contributed by atoms with E-state index in [1.807, 2.05) is 6.92 Å². The monoisotopic (exact) mass is 483 g/mol. The first-order valence-corrected chi connectivity index (χ1v) is 10.1. The number of rotatable bonds is 5.